The lowest BCUT2D eigenvalue weighted by atomic mass is 9.88. The van der Waals surface area contributed by atoms with E-state index in [1.807, 2.05) is 6.07 Å². The fourth-order valence-electron chi connectivity index (χ4n) is 7.70. The van der Waals surface area contributed by atoms with Gasteiger partial charge < -0.3 is 35.5 Å². The number of thiazole rings is 1. The van der Waals surface area contributed by atoms with Crippen molar-refractivity contribution in [2.75, 3.05) is 11.5 Å². The van der Waals surface area contributed by atoms with E-state index in [1.54, 1.807) is 42.5 Å². The number of oxime groups is 1. The fourth-order valence-corrected chi connectivity index (χ4v) is 9.58. The van der Waals surface area contributed by atoms with Crippen molar-refractivity contribution in [3.63, 3.8) is 0 Å². The van der Waals surface area contributed by atoms with E-state index in [1.165, 1.54) is 16.7 Å². The van der Waals surface area contributed by atoms with Gasteiger partial charge in [0.05, 0.1) is 29.1 Å². The number of thioether (sulfide) groups is 1. The molecule has 4 N–H and O–H groups in total. The first-order valence-electron chi connectivity index (χ1n) is 15.9. The van der Waals surface area contributed by atoms with E-state index in [4.69, 9.17) is 15.3 Å². The van der Waals surface area contributed by atoms with Crippen molar-refractivity contribution in [1.82, 2.24) is 25.2 Å². The van der Waals surface area contributed by atoms with Crippen LogP contribution in [0, 0.1) is 17.3 Å². The summed E-state index contributed by atoms with van der Waals surface area (Å²) < 4.78 is 8.46. The molecule has 3 aromatic rings. The maximum atomic E-state index is 13.7. The van der Waals surface area contributed by atoms with Gasteiger partial charge in [0.2, 0.25) is 5.79 Å². The lowest BCUT2D eigenvalue weighted by Gasteiger charge is -2.50. The van der Waals surface area contributed by atoms with Crippen LogP contribution >= 0.6 is 23.1 Å². The number of nitrogens with one attached hydrogen (secondary N) is 2. The number of hydrogen-bond acceptors (Lipinski definition) is 12. The van der Waals surface area contributed by atoms with E-state index in [-0.39, 0.29) is 39.8 Å². The third-order valence-corrected chi connectivity index (χ3v) is 12.1. The highest BCUT2D eigenvalue weighted by atomic mass is 32.2. The van der Waals surface area contributed by atoms with Crippen LogP contribution in [-0.2, 0) is 30.5 Å². The van der Waals surface area contributed by atoms with Gasteiger partial charge in [-0.2, -0.15) is 4.57 Å². The lowest BCUT2D eigenvalue weighted by Crippen LogP contribution is -2.71. The third-order valence-electron chi connectivity index (χ3n) is 10.1. The van der Waals surface area contributed by atoms with Crippen LogP contribution < -0.4 is 20.7 Å². The molecule has 2 saturated carbocycles. The predicted octanol–water partition coefficient (Wildman–Crippen LogP) is 1.68. The zero-order chi connectivity index (χ0) is 34.2. The number of nitrogens with two attached hydrogens (primary N) is 1. The van der Waals surface area contributed by atoms with E-state index in [0.717, 1.165) is 41.6 Å². The number of carboxylic acid groups (broad SMARTS) is 1. The SMILES string of the molecule is CC1CCC2C(C)(C)C2(OC(C)(C)ON=C(C(=O)NC2C(=O)N3C(C(=O)[O-])=C(C[n+]4ccc5[nH]cnc5c4)CS[C@@H]23)c2csc(N)n2)C1. The van der Waals surface area contributed by atoms with Crippen LogP contribution in [0.2, 0.25) is 0 Å². The molecule has 48 heavy (non-hydrogen) atoms. The number of fused-ring (bicyclic) bond motifs is 3. The van der Waals surface area contributed by atoms with Crippen LogP contribution in [0.4, 0.5) is 5.13 Å². The Bertz CT molecular complexity index is 1880. The summed E-state index contributed by atoms with van der Waals surface area (Å²) >= 11 is 2.49. The summed E-state index contributed by atoms with van der Waals surface area (Å²) in [5.41, 5.74) is 7.44. The number of imidazole rings is 1. The average Bonchev–Trinajstić information content (AvgIpc) is 3.44. The van der Waals surface area contributed by atoms with Crippen molar-refractivity contribution in [2.45, 2.75) is 83.2 Å². The number of nitrogens with zero attached hydrogens (tertiary/aromatic N) is 5. The van der Waals surface area contributed by atoms with Gasteiger partial charge in [-0.1, -0.05) is 32.3 Å². The Kier molecular flexibility index (Phi) is 7.83. The highest BCUT2D eigenvalue weighted by Gasteiger charge is 2.74. The summed E-state index contributed by atoms with van der Waals surface area (Å²) in [7, 11) is 0. The van der Waals surface area contributed by atoms with Crippen molar-refractivity contribution >= 4 is 62.8 Å². The Balaban J connectivity index is 1.08. The molecule has 5 heterocycles. The number of aliphatic carboxylic acids is 1. The first kappa shape index (κ1) is 32.5. The van der Waals surface area contributed by atoms with Gasteiger partial charge in [-0.3, -0.25) is 14.5 Å². The highest BCUT2D eigenvalue weighted by Crippen LogP contribution is 2.71. The molecule has 0 radical (unpaired) electrons. The van der Waals surface area contributed by atoms with Crippen LogP contribution in [0.15, 0.2) is 46.6 Å². The maximum absolute atomic E-state index is 13.7. The molecule has 4 aliphatic rings. The Labute approximate surface area is 285 Å². The minimum Gasteiger partial charge on any atom is -0.543 e. The number of carbonyl (C=O) groups is 3. The van der Waals surface area contributed by atoms with E-state index >= 15 is 0 Å². The number of amides is 2. The largest absolute Gasteiger partial charge is 0.543 e. The molecule has 3 fully saturated rings. The molecule has 16 heteroatoms. The molecular weight excluding hydrogens is 657 g/mol. The molecular formula is C32H38N8O6S2. The van der Waals surface area contributed by atoms with E-state index in [0.29, 0.717) is 23.2 Å². The van der Waals surface area contributed by atoms with Gasteiger partial charge in [-0.05, 0) is 30.1 Å². The van der Waals surface area contributed by atoms with Gasteiger partial charge in [-0.15, -0.1) is 23.1 Å². The number of rotatable bonds is 10. The standard InChI is InChI=1S/C32H38N8O6S2/c1-16-6-7-21-30(2,3)32(21,10-16)45-31(4,5)46-38-22(20-14-48-29(33)36-20)25(41)37-23-26(42)40-24(28(43)44)17(13-47-27(23)40)11-39-9-8-18-19(12-39)35-15-34-18/h8-9,12,14-16,21,23,27H,6-7,10-11,13H2,1-5H3,(H4,33,36,37,41,43,44)/t16?,21?,23?,27-,32?/m0/s1. The monoisotopic (exact) mass is 694 g/mol. The van der Waals surface area contributed by atoms with Crippen molar-refractivity contribution in [3.8, 4) is 0 Å². The molecule has 0 spiro atoms. The number of H-pyrrole nitrogens is 1. The van der Waals surface area contributed by atoms with Gasteiger partial charge in [0.1, 0.15) is 17.1 Å². The molecule has 0 aromatic carbocycles. The van der Waals surface area contributed by atoms with Gasteiger partial charge in [0.25, 0.3) is 11.8 Å². The van der Waals surface area contributed by atoms with Crippen LogP contribution in [0.25, 0.3) is 11.0 Å². The molecule has 3 aromatic heterocycles. The topological polar surface area (TPSA) is 192 Å². The minimum absolute atomic E-state index is 0.00967. The number of carbonyl (C=O) groups excluding carboxylic acids is 3. The maximum Gasteiger partial charge on any atom is 0.276 e. The molecule has 2 aliphatic heterocycles. The normalized spacial score (nSPS) is 28.1. The van der Waals surface area contributed by atoms with Crippen molar-refractivity contribution < 1.29 is 33.6 Å². The van der Waals surface area contributed by atoms with Gasteiger partial charge in [-0.25, -0.2) is 9.97 Å². The zero-order valence-corrected chi connectivity index (χ0v) is 28.9. The van der Waals surface area contributed by atoms with Crippen LogP contribution in [0.5, 0.6) is 0 Å². The van der Waals surface area contributed by atoms with Gasteiger partial charge in [0.15, 0.2) is 35.3 Å². The van der Waals surface area contributed by atoms with E-state index in [9.17, 15) is 19.5 Å². The number of ether oxygens (including phenoxy) is 1. The van der Waals surface area contributed by atoms with E-state index < -0.39 is 35.0 Å². The molecule has 14 nitrogen and oxygen atoms in total. The molecule has 4 unspecified atom stereocenters. The number of β-lactam (4-membered cyclic amide) rings is 1. The molecule has 2 aliphatic carbocycles. The number of aromatic nitrogens is 4. The van der Waals surface area contributed by atoms with Crippen LogP contribution in [0.1, 0.15) is 59.6 Å². The lowest BCUT2D eigenvalue weighted by molar-refractivity contribution is -0.687. The summed E-state index contributed by atoms with van der Waals surface area (Å²) in [6, 6.07) is 0.833. The fraction of sp³-hybridized carbons (Fsp3) is 0.531. The first-order valence-corrected chi connectivity index (χ1v) is 17.8. The zero-order valence-electron chi connectivity index (χ0n) is 27.3. The van der Waals surface area contributed by atoms with E-state index in [2.05, 4.69) is 46.2 Å². The second-order valence-corrected chi connectivity index (χ2v) is 16.1. The number of carboxylic acids is 1. The smallest absolute Gasteiger partial charge is 0.276 e. The summed E-state index contributed by atoms with van der Waals surface area (Å²) in [4.78, 5) is 58.1. The molecule has 2 amide bonds. The molecule has 254 valence electrons. The highest BCUT2D eigenvalue weighted by molar-refractivity contribution is 8.00. The Morgan fingerprint density at radius 2 is 2.12 bits per heavy atom. The average molecular weight is 695 g/mol. The molecule has 7 rings (SSSR count). The van der Waals surface area contributed by atoms with Crippen molar-refractivity contribution in [1.29, 1.82) is 0 Å². The summed E-state index contributed by atoms with van der Waals surface area (Å²) in [5.74, 6) is -2.68. The Morgan fingerprint density at radius 1 is 1.33 bits per heavy atom. The Hall–Kier alpha value is -4.02. The predicted molar refractivity (Wildman–Crippen MR) is 176 cm³/mol. The summed E-state index contributed by atoms with van der Waals surface area (Å²) in [5, 5.41) is 20.5. The van der Waals surface area contributed by atoms with Gasteiger partial charge in [0, 0.05) is 36.6 Å². The molecule has 5 atom stereocenters. The van der Waals surface area contributed by atoms with Crippen molar-refractivity contribution in [2.24, 2.45) is 22.4 Å². The Morgan fingerprint density at radius 3 is 2.85 bits per heavy atom. The summed E-state index contributed by atoms with van der Waals surface area (Å²) in [6.45, 7) is 10.4. The molecule has 1 saturated heterocycles. The number of pyridine rings is 1. The summed E-state index contributed by atoms with van der Waals surface area (Å²) in [6.07, 6.45) is 8.34. The first-order chi connectivity index (χ1) is 22.7. The van der Waals surface area contributed by atoms with Crippen molar-refractivity contribution in [3.05, 3.63) is 47.1 Å². The number of aromatic amines is 1. The minimum atomic E-state index is -1.46. The second kappa shape index (κ2) is 11.6. The molecule has 0 bridgehead atoms. The quantitative estimate of drug-likeness (QED) is 0.0925. The number of hydrogen-bond donors (Lipinski definition) is 3. The van der Waals surface area contributed by atoms with Gasteiger partial charge >= 0.3 is 0 Å². The number of anilines is 1. The van der Waals surface area contributed by atoms with Crippen LogP contribution in [0.3, 0.4) is 0 Å². The third kappa shape index (κ3) is 5.43. The van der Waals surface area contributed by atoms with Crippen LogP contribution in [-0.4, -0.2) is 71.9 Å². The number of nitrogen functional groups attached to an aromatic ring is 1. The second-order valence-electron chi connectivity index (χ2n) is 14.1.